The van der Waals surface area contributed by atoms with E-state index in [4.69, 9.17) is 14.7 Å². The van der Waals surface area contributed by atoms with Gasteiger partial charge in [-0.3, -0.25) is 0 Å². The lowest BCUT2D eigenvalue weighted by Crippen LogP contribution is -2.05. The Morgan fingerprint density at radius 2 is 1.81 bits per heavy atom. The Labute approximate surface area is 124 Å². The molecule has 0 saturated heterocycles. The quantitative estimate of drug-likeness (QED) is 0.512. The van der Waals surface area contributed by atoms with E-state index >= 15 is 0 Å². The summed E-state index contributed by atoms with van der Waals surface area (Å²) in [6.07, 6.45) is -0.0847. The molecule has 0 radical (unpaired) electrons. The van der Waals surface area contributed by atoms with Crippen molar-refractivity contribution in [3.63, 3.8) is 0 Å². The molecule has 0 amide bonds. The van der Waals surface area contributed by atoms with Crippen molar-refractivity contribution in [2.45, 2.75) is 20.0 Å². The first-order valence-electron chi connectivity index (χ1n) is 6.74. The van der Waals surface area contributed by atoms with E-state index < -0.39 is 0 Å². The molecule has 0 heterocycles. The predicted molar refractivity (Wildman–Crippen MR) is 82.5 cm³/mol. The highest BCUT2D eigenvalue weighted by Crippen LogP contribution is 2.32. The van der Waals surface area contributed by atoms with Gasteiger partial charge in [0.15, 0.2) is 11.5 Å². The summed E-state index contributed by atoms with van der Waals surface area (Å²) >= 11 is 0. The summed E-state index contributed by atoms with van der Waals surface area (Å²) < 4.78 is 11.3. The molecule has 2 rings (SSSR count). The number of ether oxygens (including phenoxy) is 2. The minimum absolute atomic E-state index is 0.0847. The number of rotatable bonds is 5. The van der Waals surface area contributed by atoms with Crippen LogP contribution >= 0.6 is 0 Å². The number of methoxy groups -OCH3 is 1. The van der Waals surface area contributed by atoms with Gasteiger partial charge in [0.1, 0.15) is 6.10 Å². The van der Waals surface area contributed by atoms with Crippen LogP contribution < -0.4 is 9.47 Å². The summed E-state index contributed by atoms with van der Waals surface area (Å²) in [6.45, 7) is 3.71. The normalized spacial score (nSPS) is 12.8. The van der Waals surface area contributed by atoms with E-state index in [1.807, 2.05) is 49.4 Å². The van der Waals surface area contributed by atoms with Crippen LogP contribution in [-0.4, -0.2) is 18.0 Å². The summed E-state index contributed by atoms with van der Waals surface area (Å²) in [4.78, 5) is 0. The zero-order chi connectivity index (χ0) is 15.2. The van der Waals surface area contributed by atoms with Crippen LogP contribution in [0.5, 0.6) is 11.5 Å². The van der Waals surface area contributed by atoms with Gasteiger partial charge in [0.25, 0.3) is 0 Å². The highest BCUT2D eigenvalue weighted by Gasteiger charge is 2.12. The van der Waals surface area contributed by atoms with Gasteiger partial charge in [0.05, 0.1) is 12.8 Å². The molecule has 1 unspecified atom stereocenters. The van der Waals surface area contributed by atoms with E-state index in [9.17, 15) is 0 Å². The third kappa shape index (κ3) is 3.54. The van der Waals surface area contributed by atoms with Gasteiger partial charge >= 0.3 is 0 Å². The molecule has 0 spiro atoms. The molecule has 4 heteroatoms. The molecule has 0 fully saturated rings. The van der Waals surface area contributed by atoms with Crippen LogP contribution in [0.1, 0.15) is 31.1 Å². The second kappa shape index (κ2) is 6.79. The van der Waals surface area contributed by atoms with Crippen molar-refractivity contribution in [1.29, 1.82) is 0 Å². The van der Waals surface area contributed by atoms with Crippen LogP contribution in [0.3, 0.4) is 0 Å². The lowest BCUT2D eigenvalue weighted by Gasteiger charge is -2.17. The average Bonchev–Trinajstić information content (AvgIpc) is 2.55. The van der Waals surface area contributed by atoms with Crippen molar-refractivity contribution in [1.82, 2.24) is 0 Å². The zero-order valence-electron chi connectivity index (χ0n) is 12.4. The number of benzene rings is 2. The van der Waals surface area contributed by atoms with Crippen LogP contribution in [0.15, 0.2) is 53.7 Å². The second-order valence-corrected chi connectivity index (χ2v) is 4.72. The fraction of sp³-hybridized carbons (Fsp3) is 0.235. The first-order chi connectivity index (χ1) is 10.2. The molecule has 0 bridgehead atoms. The van der Waals surface area contributed by atoms with Crippen LogP contribution in [-0.2, 0) is 0 Å². The molecule has 0 aliphatic rings. The summed E-state index contributed by atoms with van der Waals surface area (Å²) in [6, 6.07) is 15.4. The minimum Gasteiger partial charge on any atom is -0.493 e. The van der Waals surface area contributed by atoms with Crippen LogP contribution in [0.4, 0.5) is 0 Å². The van der Waals surface area contributed by atoms with Crippen molar-refractivity contribution in [2.24, 2.45) is 5.16 Å². The second-order valence-electron chi connectivity index (χ2n) is 4.72. The third-order valence-corrected chi connectivity index (χ3v) is 3.30. The molecule has 4 nitrogen and oxygen atoms in total. The van der Waals surface area contributed by atoms with Crippen molar-refractivity contribution in [3.8, 4) is 11.5 Å². The lowest BCUT2D eigenvalue weighted by atomic mass is 10.1. The fourth-order valence-electron chi connectivity index (χ4n) is 2.03. The smallest absolute Gasteiger partial charge is 0.162 e. The van der Waals surface area contributed by atoms with Gasteiger partial charge in [-0.1, -0.05) is 35.5 Å². The standard InChI is InChI=1S/C17H19NO3/c1-12(18-19)15-9-10-16(17(11-15)20-3)21-13(2)14-7-5-4-6-8-14/h4-11,13,19H,1-3H3. The Morgan fingerprint density at radius 1 is 1.10 bits per heavy atom. The SMILES string of the molecule is COc1cc(C(C)=NO)ccc1OC(C)c1ccccc1. The summed E-state index contributed by atoms with van der Waals surface area (Å²) in [5, 5.41) is 12.0. The van der Waals surface area contributed by atoms with E-state index in [0.29, 0.717) is 17.2 Å². The Bertz CT molecular complexity index is 623. The highest BCUT2D eigenvalue weighted by atomic mass is 16.5. The average molecular weight is 285 g/mol. The summed E-state index contributed by atoms with van der Waals surface area (Å²) in [5.74, 6) is 1.27. The Kier molecular flexibility index (Phi) is 4.82. The van der Waals surface area contributed by atoms with Gasteiger partial charge in [-0.2, -0.15) is 0 Å². The van der Waals surface area contributed by atoms with Crippen molar-refractivity contribution in [3.05, 3.63) is 59.7 Å². The fourth-order valence-corrected chi connectivity index (χ4v) is 2.03. The minimum atomic E-state index is -0.0847. The van der Waals surface area contributed by atoms with Crippen molar-refractivity contribution in [2.75, 3.05) is 7.11 Å². The maximum Gasteiger partial charge on any atom is 0.162 e. The van der Waals surface area contributed by atoms with Gasteiger partial charge in [-0.25, -0.2) is 0 Å². The number of oxime groups is 1. The predicted octanol–water partition coefficient (Wildman–Crippen LogP) is 4.03. The summed E-state index contributed by atoms with van der Waals surface area (Å²) in [5.41, 5.74) is 2.40. The molecular weight excluding hydrogens is 266 g/mol. The molecule has 110 valence electrons. The monoisotopic (exact) mass is 285 g/mol. The Balaban J connectivity index is 2.24. The maximum atomic E-state index is 8.83. The third-order valence-electron chi connectivity index (χ3n) is 3.30. The largest absolute Gasteiger partial charge is 0.493 e. The van der Waals surface area contributed by atoms with E-state index in [1.165, 1.54) is 0 Å². The van der Waals surface area contributed by atoms with Crippen molar-refractivity contribution < 1.29 is 14.7 Å². The molecular formula is C17H19NO3. The number of hydrogen-bond acceptors (Lipinski definition) is 4. The van der Waals surface area contributed by atoms with Gasteiger partial charge < -0.3 is 14.7 Å². The van der Waals surface area contributed by atoms with Gasteiger partial charge in [-0.05, 0) is 37.6 Å². The van der Waals surface area contributed by atoms with E-state index in [-0.39, 0.29) is 6.10 Å². The number of hydrogen-bond donors (Lipinski definition) is 1. The lowest BCUT2D eigenvalue weighted by molar-refractivity contribution is 0.216. The summed E-state index contributed by atoms with van der Waals surface area (Å²) in [7, 11) is 1.59. The Hall–Kier alpha value is -2.49. The van der Waals surface area contributed by atoms with Gasteiger partial charge in [0.2, 0.25) is 0 Å². The Morgan fingerprint density at radius 3 is 2.43 bits per heavy atom. The van der Waals surface area contributed by atoms with E-state index in [2.05, 4.69) is 5.16 Å². The molecule has 1 N–H and O–H groups in total. The van der Waals surface area contributed by atoms with Crippen molar-refractivity contribution >= 4 is 5.71 Å². The maximum absolute atomic E-state index is 8.83. The number of nitrogens with zero attached hydrogens (tertiary/aromatic N) is 1. The van der Waals surface area contributed by atoms with Gasteiger partial charge in [0, 0.05) is 5.56 Å². The highest BCUT2D eigenvalue weighted by molar-refractivity contribution is 5.98. The molecule has 2 aromatic rings. The van der Waals surface area contributed by atoms with E-state index in [1.54, 1.807) is 20.1 Å². The molecule has 21 heavy (non-hydrogen) atoms. The molecule has 1 atom stereocenters. The molecule has 0 aliphatic carbocycles. The first-order valence-corrected chi connectivity index (χ1v) is 6.74. The topological polar surface area (TPSA) is 51.0 Å². The molecule has 0 aliphatic heterocycles. The first kappa shape index (κ1) is 14.9. The van der Waals surface area contributed by atoms with Crippen LogP contribution in [0.25, 0.3) is 0 Å². The van der Waals surface area contributed by atoms with Crippen LogP contribution in [0.2, 0.25) is 0 Å². The molecule has 0 saturated carbocycles. The van der Waals surface area contributed by atoms with E-state index in [0.717, 1.165) is 11.1 Å². The van der Waals surface area contributed by atoms with Crippen LogP contribution in [0, 0.1) is 0 Å². The molecule has 0 aromatic heterocycles. The molecule has 2 aromatic carbocycles. The zero-order valence-corrected chi connectivity index (χ0v) is 12.4. The van der Waals surface area contributed by atoms with Gasteiger partial charge in [-0.15, -0.1) is 0 Å².